The molecule has 5 heteroatoms. The van der Waals surface area contributed by atoms with Crippen molar-refractivity contribution in [1.29, 1.82) is 0 Å². The molecule has 5 rings (SSSR count). The number of para-hydroxylation sites is 2. The molecule has 35 heavy (non-hydrogen) atoms. The molecule has 0 bridgehead atoms. The highest BCUT2D eigenvalue weighted by Gasteiger charge is 2.25. The second kappa shape index (κ2) is 10.5. The minimum Gasteiger partial charge on any atom is -0.350 e. The topological polar surface area (TPSA) is 39.9 Å². The predicted molar refractivity (Wildman–Crippen MR) is 155 cm³/mol. The molecule has 0 radical (unpaired) electrons. The zero-order valence-corrected chi connectivity index (χ0v) is 20.5. The van der Waals surface area contributed by atoms with Crippen molar-refractivity contribution < 1.29 is 0 Å². The number of aromatic amines is 1. The van der Waals surface area contributed by atoms with Gasteiger partial charge in [0.25, 0.3) is 0 Å². The lowest BCUT2D eigenvalue weighted by atomic mass is 9.94. The third-order valence-corrected chi connectivity index (χ3v) is 6.25. The number of anilines is 2. The van der Waals surface area contributed by atoms with Crippen LogP contribution in [-0.4, -0.2) is 15.0 Å². The number of nitrogens with one attached hydrogen (secondary N) is 3. The summed E-state index contributed by atoms with van der Waals surface area (Å²) in [6.07, 6.45) is 0. The smallest absolute Gasteiger partial charge is 0.128 e. The van der Waals surface area contributed by atoms with Crippen LogP contribution in [0.3, 0.4) is 0 Å². The first kappa shape index (κ1) is 22.7. The second-order valence-corrected chi connectivity index (χ2v) is 8.81. The molecule has 0 atom stereocenters. The zero-order valence-electron chi connectivity index (χ0n) is 18.9. The van der Waals surface area contributed by atoms with Gasteiger partial charge in [-0.1, -0.05) is 121 Å². The molecular formula is C30H23N3S2. The Morgan fingerprint density at radius 2 is 0.771 bits per heavy atom. The van der Waals surface area contributed by atoms with Gasteiger partial charge in [-0.3, -0.25) is 0 Å². The van der Waals surface area contributed by atoms with Crippen LogP contribution in [-0.2, 0) is 0 Å². The summed E-state index contributed by atoms with van der Waals surface area (Å²) in [5.41, 5.74) is 7.64. The van der Waals surface area contributed by atoms with Gasteiger partial charge in [-0.2, -0.15) is 0 Å². The fourth-order valence-electron chi connectivity index (χ4n) is 4.06. The average Bonchev–Trinajstić information content (AvgIpc) is 3.32. The van der Waals surface area contributed by atoms with Crippen LogP contribution in [0.5, 0.6) is 0 Å². The molecule has 0 unspecified atom stereocenters. The van der Waals surface area contributed by atoms with Crippen LogP contribution in [0, 0.1) is 0 Å². The van der Waals surface area contributed by atoms with Gasteiger partial charge in [-0.25, -0.2) is 0 Å². The lowest BCUT2D eigenvalue weighted by Crippen LogP contribution is -2.14. The van der Waals surface area contributed by atoms with E-state index >= 15 is 0 Å². The van der Waals surface area contributed by atoms with E-state index in [-0.39, 0.29) is 0 Å². The highest BCUT2D eigenvalue weighted by molar-refractivity contribution is 7.81. The predicted octanol–water partition coefficient (Wildman–Crippen LogP) is 7.92. The Balaban J connectivity index is 1.69. The van der Waals surface area contributed by atoms with Gasteiger partial charge in [0.15, 0.2) is 0 Å². The molecule has 3 N–H and O–H groups in total. The van der Waals surface area contributed by atoms with Crippen molar-refractivity contribution in [2.75, 3.05) is 10.6 Å². The van der Waals surface area contributed by atoms with Gasteiger partial charge >= 0.3 is 0 Å². The minimum atomic E-state index is 0.598. The third-order valence-electron chi connectivity index (χ3n) is 5.64. The number of rotatable bonds is 6. The Bertz CT molecular complexity index is 1330. The normalized spacial score (nSPS) is 10.5. The van der Waals surface area contributed by atoms with E-state index in [1.54, 1.807) is 0 Å². The van der Waals surface area contributed by atoms with Gasteiger partial charge in [0.1, 0.15) is 9.98 Å². The monoisotopic (exact) mass is 489 g/mol. The Morgan fingerprint density at radius 3 is 1.11 bits per heavy atom. The van der Waals surface area contributed by atoms with Crippen LogP contribution in [0.25, 0.3) is 22.3 Å². The van der Waals surface area contributed by atoms with Crippen molar-refractivity contribution in [1.82, 2.24) is 4.98 Å². The van der Waals surface area contributed by atoms with E-state index in [1.165, 1.54) is 0 Å². The van der Waals surface area contributed by atoms with E-state index in [1.807, 2.05) is 97.1 Å². The lowest BCUT2D eigenvalue weighted by Gasteiger charge is -2.12. The highest BCUT2D eigenvalue weighted by Crippen LogP contribution is 2.39. The fraction of sp³-hybridized carbons (Fsp3) is 0. The van der Waals surface area contributed by atoms with Gasteiger partial charge in [0, 0.05) is 22.5 Å². The van der Waals surface area contributed by atoms with Crippen molar-refractivity contribution in [3.05, 3.63) is 133 Å². The summed E-state index contributed by atoms with van der Waals surface area (Å²) in [7, 11) is 0. The number of thiocarbonyl (C=S) groups is 2. The molecule has 0 aliphatic heterocycles. The maximum absolute atomic E-state index is 5.92. The first-order valence-corrected chi connectivity index (χ1v) is 12.1. The average molecular weight is 490 g/mol. The Hall–Kier alpha value is -4.06. The van der Waals surface area contributed by atoms with Gasteiger partial charge in [0.2, 0.25) is 0 Å². The second-order valence-electron chi connectivity index (χ2n) is 8.00. The van der Waals surface area contributed by atoms with Crippen LogP contribution >= 0.6 is 24.4 Å². The zero-order chi connectivity index (χ0) is 24.0. The quantitative estimate of drug-likeness (QED) is 0.212. The molecular weight excluding hydrogens is 466 g/mol. The molecule has 0 saturated carbocycles. The summed E-state index contributed by atoms with van der Waals surface area (Å²) < 4.78 is 0. The number of aromatic nitrogens is 1. The lowest BCUT2D eigenvalue weighted by molar-refractivity contribution is 1.34. The minimum absolute atomic E-state index is 0.598. The molecule has 1 heterocycles. The number of benzene rings is 4. The van der Waals surface area contributed by atoms with E-state index in [9.17, 15) is 0 Å². The van der Waals surface area contributed by atoms with E-state index in [4.69, 9.17) is 24.4 Å². The van der Waals surface area contributed by atoms with Crippen molar-refractivity contribution in [3.8, 4) is 22.3 Å². The first-order chi connectivity index (χ1) is 17.2. The van der Waals surface area contributed by atoms with Crippen LogP contribution in [0.15, 0.2) is 121 Å². The van der Waals surface area contributed by atoms with Gasteiger partial charge in [0.05, 0.1) is 11.4 Å². The Morgan fingerprint density at radius 1 is 0.457 bits per heavy atom. The third kappa shape index (κ3) is 5.06. The SMILES string of the molecule is S=C(Nc1ccccc1)c1[nH]c(C(=S)Nc2ccccc2)c(-c2ccccc2)c1-c1ccccc1. The molecule has 4 aromatic carbocycles. The van der Waals surface area contributed by atoms with Crippen molar-refractivity contribution in [2.24, 2.45) is 0 Å². The van der Waals surface area contributed by atoms with Crippen molar-refractivity contribution in [3.63, 3.8) is 0 Å². The van der Waals surface area contributed by atoms with E-state index in [2.05, 4.69) is 39.9 Å². The maximum atomic E-state index is 5.92. The Kier molecular flexibility index (Phi) is 6.80. The molecule has 5 aromatic rings. The van der Waals surface area contributed by atoms with E-state index < -0.39 is 0 Å². The molecule has 0 fully saturated rings. The fourth-order valence-corrected chi connectivity index (χ4v) is 4.60. The van der Waals surface area contributed by atoms with Gasteiger partial charge < -0.3 is 15.6 Å². The Labute approximate surface area is 215 Å². The molecule has 0 amide bonds. The number of H-pyrrole nitrogens is 1. The molecule has 0 saturated heterocycles. The van der Waals surface area contributed by atoms with Crippen LogP contribution in [0.2, 0.25) is 0 Å². The van der Waals surface area contributed by atoms with E-state index in [0.717, 1.165) is 45.0 Å². The summed E-state index contributed by atoms with van der Waals surface area (Å²) in [6, 6.07) is 40.5. The molecule has 170 valence electrons. The summed E-state index contributed by atoms with van der Waals surface area (Å²) in [5, 5.41) is 6.77. The maximum Gasteiger partial charge on any atom is 0.128 e. The van der Waals surface area contributed by atoms with Crippen LogP contribution < -0.4 is 10.6 Å². The van der Waals surface area contributed by atoms with Crippen LogP contribution in [0.1, 0.15) is 11.4 Å². The van der Waals surface area contributed by atoms with Crippen molar-refractivity contribution in [2.45, 2.75) is 0 Å². The van der Waals surface area contributed by atoms with Crippen molar-refractivity contribution >= 4 is 45.8 Å². The number of hydrogen-bond acceptors (Lipinski definition) is 2. The standard InChI is InChI=1S/C30H23N3S2/c34-29(31-23-17-9-3-10-18-23)27-25(21-13-5-1-6-14-21)26(22-15-7-2-8-16-22)28(33-27)30(35)32-24-19-11-4-12-20-24/h1-20,33H,(H,31,34)(H,32,35). The number of hydrogen-bond donors (Lipinski definition) is 3. The molecule has 0 spiro atoms. The van der Waals surface area contributed by atoms with Gasteiger partial charge in [-0.15, -0.1) is 0 Å². The molecule has 3 nitrogen and oxygen atoms in total. The van der Waals surface area contributed by atoms with Gasteiger partial charge in [-0.05, 0) is 35.4 Å². The largest absolute Gasteiger partial charge is 0.350 e. The molecule has 0 aliphatic carbocycles. The van der Waals surface area contributed by atoms with Crippen LogP contribution in [0.4, 0.5) is 11.4 Å². The highest BCUT2D eigenvalue weighted by atomic mass is 32.1. The summed E-state index contributed by atoms with van der Waals surface area (Å²) in [6.45, 7) is 0. The molecule has 0 aliphatic rings. The van der Waals surface area contributed by atoms with E-state index in [0.29, 0.717) is 9.98 Å². The molecule has 1 aromatic heterocycles. The first-order valence-electron chi connectivity index (χ1n) is 11.3. The summed E-state index contributed by atoms with van der Waals surface area (Å²) in [5.74, 6) is 0. The summed E-state index contributed by atoms with van der Waals surface area (Å²) in [4.78, 5) is 4.78. The summed E-state index contributed by atoms with van der Waals surface area (Å²) >= 11 is 11.8.